The zero-order valence-corrected chi connectivity index (χ0v) is 13.1. The molecule has 4 nitrogen and oxygen atoms in total. The minimum atomic E-state index is -0.478. The second-order valence-corrected chi connectivity index (χ2v) is 5.50. The predicted molar refractivity (Wildman–Crippen MR) is 88.6 cm³/mol. The second-order valence-electron chi connectivity index (χ2n) is 5.50. The van der Waals surface area contributed by atoms with Gasteiger partial charge in [-0.3, -0.25) is 9.36 Å². The van der Waals surface area contributed by atoms with Gasteiger partial charge in [0.05, 0.1) is 6.20 Å². The Balaban J connectivity index is 1.96. The summed E-state index contributed by atoms with van der Waals surface area (Å²) in [5.74, 6) is -0.0277. The Morgan fingerprint density at radius 2 is 1.70 bits per heavy atom. The fourth-order valence-corrected chi connectivity index (χ4v) is 2.49. The predicted octanol–water partition coefficient (Wildman–Crippen LogP) is 2.83. The van der Waals surface area contributed by atoms with E-state index in [2.05, 4.69) is 29.5 Å². The van der Waals surface area contributed by atoms with Gasteiger partial charge in [0.25, 0.3) is 5.91 Å². The molecule has 1 heterocycles. The molecule has 1 unspecified atom stereocenters. The van der Waals surface area contributed by atoms with Crippen LogP contribution in [0.5, 0.6) is 0 Å². The van der Waals surface area contributed by atoms with Crippen LogP contribution >= 0.6 is 0 Å². The van der Waals surface area contributed by atoms with Gasteiger partial charge in [0.2, 0.25) is 0 Å². The Morgan fingerprint density at radius 3 is 2.26 bits per heavy atom. The van der Waals surface area contributed by atoms with Crippen molar-refractivity contribution in [3.8, 4) is 11.1 Å². The van der Waals surface area contributed by atoms with Crippen LogP contribution in [0.25, 0.3) is 11.1 Å². The normalized spacial score (nSPS) is 11.6. The lowest BCUT2D eigenvalue weighted by molar-refractivity contribution is -0.131. The number of benzene rings is 2. The van der Waals surface area contributed by atoms with E-state index in [4.69, 9.17) is 0 Å². The fraction of sp³-hybridized carbons (Fsp3) is 0.158. The topological polar surface area (TPSA) is 38.1 Å². The van der Waals surface area contributed by atoms with Gasteiger partial charge in [0.1, 0.15) is 12.4 Å². The third-order valence-corrected chi connectivity index (χ3v) is 3.71. The van der Waals surface area contributed by atoms with E-state index in [0.29, 0.717) is 0 Å². The first-order valence-corrected chi connectivity index (χ1v) is 7.35. The quantitative estimate of drug-likeness (QED) is 0.743. The molecule has 0 saturated carbocycles. The van der Waals surface area contributed by atoms with Crippen molar-refractivity contribution in [3.05, 3.63) is 78.9 Å². The second kappa shape index (κ2) is 6.37. The lowest BCUT2D eigenvalue weighted by Crippen LogP contribution is -2.31. The summed E-state index contributed by atoms with van der Waals surface area (Å²) in [6.45, 7) is 0. The zero-order valence-electron chi connectivity index (χ0n) is 13.1. The number of aromatic nitrogens is 2. The average molecular weight is 303 g/mol. The minimum Gasteiger partial charge on any atom is -0.347 e. The summed E-state index contributed by atoms with van der Waals surface area (Å²) in [6.07, 6.45) is 7.05. The molecular formula is C19H17N3O. The van der Waals surface area contributed by atoms with Crippen LogP contribution in [0.1, 0.15) is 11.6 Å². The number of likely N-dealkylation sites (N-methyl/N-ethyl adjacent to an activating group) is 1. The van der Waals surface area contributed by atoms with E-state index < -0.39 is 6.04 Å². The molecule has 23 heavy (non-hydrogen) atoms. The number of hydrogen-bond acceptors (Lipinski definition) is 2. The number of hydrogen-bond donors (Lipinski definition) is 0. The van der Waals surface area contributed by atoms with Crippen LogP contribution in [0.3, 0.4) is 0 Å². The molecule has 0 aliphatic carbocycles. The van der Waals surface area contributed by atoms with Crippen molar-refractivity contribution in [2.24, 2.45) is 0 Å². The van der Waals surface area contributed by atoms with Gasteiger partial charge in [-0.1, -0.05) is 54.6 Å². The van der Waals surface area contributed by atoms with Crippen LogP contribution in [0.15, 0.2) is 60.9 Å². The van der Waals surface area contributed by atoms with E-state index in [9.17, 15) is 4.79 Å². The van der Waals surface area contributed by atoms with Gasteiger partial charge in [0.15, 0.2) is 0 Å². The van der Waals surface area contributed by atoms with Crippen molar-refractivity contribution in [3.63, 3.8) is 0 Å². The SMILES string of the molecule is CN(C)C(=O)C(c1ccc(-c2ccccc2)cc1)n1c#cnc1. The van der Waals surface area contributed by atoms with Crippen LogP contribution in [0, 0.1) is 12.4 Å². The number of rotatable bonds is 4. The van der Waals surface area contributed by atoms with E-state index in [1.165, 1.54) is 0 Å². The Labute approximate surface area is 136 Å². The number of carbonyl (C=O) groups is 1. The van der Waals surface area contributed by atoms with Gasteiger partial charge in [0, 0.05) is 20.3 Å². The molecule has 0 saturated heterocycles. The van der Waals surface area contributed by atoms with Gasteiger partial charge < -0.3 is 4.90 Å². The lowest BCUT2D eigenvalue weighted by Gasteiger charge is -2.21. The van der Waals surface area contributed by atoms with Crippen LogP contribution in [0.2, 0.25) is 0 Å². The van der Waals surface area contributed by atoms with Gasteiger partial charge in [-0.2, -0.15) is 4.98 Å². The first-order chi connectivity index (χ1) is 11.2. The van der Waals surface area contributed by atoms with Crippen LogP contribution in [0.4, 0.5) is 0 Å². The maximum atomic E-state index is 12.5. The summed E-state index contributed by atoms with van der Waals surface area (Å²) in [7, 11) is 3.49. The Morgan fingerprint density at radius 1 is 1.04 bits per heavy atom. The van der Waals surface area contributed by atoms with Gasteiger partial charge in [-0.15, -0.1) is 0 Å². The highest BCUT2D eigenvalue weighted by Gasteiger charge is 2.24. The minimum absolute atomic E-state index is 0.0277. The van der Waals surface area contributed by atoms with Gasteiger partial charge in [-0.05, 0) is 16.7 Å². The molecule has 1 amide bonds. The van der Waals surface area contributed by atoms with Crippen molar-refractivity contribution >= 4 is 5.91 Å². The highest BCUT2D eigenvalue weighted by atomic mass is 16.2. The third-order valence-electron chi connectivity index (χ3n) is 3.71. The highest BCUT2D eigenvalue weighted by molar-refractivity contribution is 5.83. The number of carbonyl (C=O) groups excluding carboxylic acids is 1. The summed E-state index contributed by atoms with van der Waals surface area (Å²) in [5.41, 5.74) is 3.16. The standard InChI is InChI=1S/C19H17N3O/c1-21(2)19(23)18(22-13-12-20-14-22)17-10-8-16(9-11-17)15-6-4-3-5-7-15/h3-11,14,18H,1-2H3. The molecule has 0 N–H and O–H groups in total. The zero-order chi connectivity index (χ0) is 16.2. The molecule has 4 heteroatoms. The third kappa shape index (κ3) is 3.09. The van der Waals surface area contributed by atoms with Crippen molar-refractivity contribution in [2.45, 2.75) is 6.04 Å². The lowest BCUT2D eigenvalue weighted by atomic mass is 10.00. The smallest absolute Gasteiger partial charge is 0.250 e. The largest absolute Gasteiger partial charge is 0.347 e. The molecule has 2 aromatic carbocycles. The monoisotopic (exact) mass is 303 g/mol. The molecule has 0 radical (unpaired) electrons. The van der Waals surface area contributed by atoms with E-state index in [1.54, 1.807) is 29.9 Å². The van der Waals surface area contributed by atoms with Crippen LogP contribution in [-0.2, 0) is 4.79 Å². The first-order valence-electron chi connectivity index (χ1n) is 7.35. The summed E-state index contributed by atoms with van der Waals surface area (Å²) >= 11 is 0. The molecule has 0 spiro atoms. The molecule has 1 aromatic heterocycles. The van der Waals surface area contributed by atoms with Crippen LogP contribution in [-0.4, -0.2) is 34.5 Å². The number of nitrogens with zero attached hydrogens (tertiary/aromatic N) is 3. The molecule has 3 rings (SSSR count). The van der Waals surface area contributed by atoms with Gasteiger partial charge in [-0.25, -0.2) is 0 Å². The number of amides is 1. The van der Waals surface area contributed by atoms with Crippen LogP contribution < -0.4 is 0 Å². The maximum Gasteiger partial charge on any atom is 0.250 e. The van der Waals surface area contributed by atoms with Crippen molar-refractivity contribution in [1.82, 2.24) is 14.5 Å². The molecule has 0 fully saturated rings. The Bertz CT molecular complexity index is 762. The summed E-state index contributed by atoms with van der Waals surface area (Å²) < 4.78 is 1.65. The fourth-order valence-electron chi connectivity index (χ4n) is 2.49. The van der Waals surface area contributed by atoms with Crippen molar-refractivity contribution in [2.75, 3.05) is 14.1 Å². The van der Waals surface area contributed by atoms with Gasteiger partial charge >= 0.3 is 0 Å². The molecule has 0 bridgehead atoms. The average Bonchev–Trinajstić information content (AvgIpc) is 3.10. The first kappa shape index (κ1) is 14.9. The molecule has 1 atom stereocenters. The molecule has 3 aromatic rings. The maximum absolute atomic E-state index is 12.5. The molecule has 0 aliphatic heterocycles. The van der Waals surface area contributed by atoms with E-state index in [0.717, 1.165) is 16.7 Å². The molecule has 0 aliphatic rings. The highest BCUT2D eigenvalue weighted by Crippen LogP contribution is 2.24. The van der Waals surface area contributed by atoms with Crippen molar-refractivity contribution < 1.29 is 4.79 Å². The summed E-state index contributed by atoms with van der Waals surface area (Å²) in [5, 5.41) is 0. The van der Waals surface area contributed by atoms with Crippen molar-refractivity contribution in [1.29, 1.82) is 0 Å². The van der Waals surface area contributed by atoms with E-state index in [1.807, 2.05) is 42.5 Å². The molecular weight excluding hydrogens is 286 g/mol. The Hall–Kier alpha value is -3.06. The summed E-state index contributed by atoms with van der Waals surface area (Å²) in [4.78, 5) is 18.0. The van der Waals surface area contributed by atoms with E-state index >= 15 is 0 Å². The van der Waals surface area contributed by atoms with E-state index in [-0.39, 0.29) is 5.91 Å². The Kier molecular flexibility index (Phi) is 4.11. The molecule has 114 valence electrons. The summed E-state index contributed by atoms with van der Waals surface area (Å²) in [6, 6.07) is 17.7.